The van der Waals surface area contributed by atoms with E-state index in [1.807, 2.05) is 0 Å². The maximum atomic E-state index is 13.1. The number of rotatable bonds is 4. The third-order valence-corrected chi connectivity index (χ3v) is 2.92. The van der Waals surface area contributed by atoms with Crippen LogP contribution in [0.2, 0.25) is 0 Å². The molecule has 0 fully saturated rings. The summed E-state index contributed by atoms with van der Waals surface area (Å²) in [5, 5.41) is 14.7. The summed E-state index contributed by atoms with van der Waals surface area (Å²) in [4.78, 5) is 27.3. The number of carbonyl (C=O) groups excluding carboxylic acids is 1. The minimum absolute atomic E-state index is 0.0863. The molecule has 0 aromatic heterocycles. The zero-order valence-electron chi connectivity index (χ0n) is 10.7. The van der Waals surface area contributed by atoms with Crippen molar-refractivity contribution < 1.29 is 23.9 Å². The quantitative estimate of drug-likeness (QED) is 0.868. The SMILES string of the molecule is CC(NC(=O)C1CC(C(=O)O)=NO1)c1cccc(F)c1. The number of hydrogen-bond acceptors (Lipinski definition) is 4. The smallest absolute Gasteiger partial charge is 0.353 e. The molecule has 2 N–H and O–H groups in total. The van der Waals surface area contributed by atoms with Gasteiger partial charge in [-0.2, -0.15) is 0 Å². The van der Waals surface area contributed by atoms with E-state index in [-0.39, 0.29) is 12.1 Å². The third kappa shape index (κ3) is 3.11. The van der Waals surface area contributed by atoms with Crippen LogP contribution in [-0.4, -0.2) is 28.8 Å². The lowest BCUT2D eigenvalue weighted by atomic mass is 10.1. The lowest BCUT2D eigenvalue weighted by Gasteiger charge is -2.16. The van der Waals surface area contributed by atoms with E-state index < -0.39 is 29.8 Å². The molecule has 1 heterocycles. The van der Waals surface area contributed by atoms with Gasteiger partial charge in [-0.1, -0.05) is 17.3 Å². The molecule has 20 heavy (non-hydrogen) atoms. The summed E-state index contributed by atoms with van der Waals surface area (Å²) in [6.07, 6.45) is -1.05. The predicted octanol–water partition coefficient (Wildman–Crippen LogP) is 1.23. The van der Waals surface area contributed by atoms with Crippen LogP contribution in [0.15, 0.2) is 29.4 Å². The molecule has 106 valence electrons. The third-order valence-electron chi connectivity index (χ3n) is 2.92. The van der Waals surface area contributed by atoms with Crippen LogP contribution in [0.3, 0.4) is 0 Å². The highest BCUT2D eigenvalue weighted by molar-refractivity contribution is 6.36. The first kappa shape index (κ1) is 14.0. The summed E-state index contributed by atoms with van der Waals surface area (Å²) in [6.45, 7) is 1.70. The summed E-state index contributed by atoms with van der Waals surface area (Å²) >= 11 is 0. The second-order valence-corrected chi connectivity index (χ2v) is 4.43. The van der Waals surface area contributed by atoms with Crippen LogP contribution in [0.25, 0.3) is 0 Å². The predicted molar refractivity (Wildman–Crippen MR) is 67.5 cm³/mol. The molecular formula is C13H13FN2O4. The zero-order valence-corrected chi connectivity index (χ0v) is 10.7. The maximum Gasteiger partial charge on any atom is 0.353 e. The number of carbonyl (C=O) groups is 2. The van der Waals surface area contributed by atoms with Gasteiger partial charge in [-0.05, 0) is 24.6 Å². The number of oxime groups is 1. The van der Waals surface area contributed by atoms with Crippen molar-refractivity contribution >= 4 is 17.6 Å². The van der Waals surface area contributed by atoms with Gasteiger partial charge < -0.3 is 15.3 Å². The number of hydrogen-bond donors (Lipinski definition) is 2. The van der Waals surface area contributed by atoms with Gasteiger partial charge in [0, 0.05) is 6.42 Å². The normalized spacial score (nSPS) is 18.9. The summed E-state index contributed by atoms with van der Waals surface area (Å²) in [6, 6.07) is 5.44. The molecule has 0 bridgehead atoms. The van der Waals surface area contributed by atoms with Gasteiger partial charge in [0.2, 0.25) is 6.10 Å². The average Bonchev–Trinajstić information content (AvgIpc) is 2.88. The van der Waals surface area contributed by atoms with Gasteiger partial charge in [0.15, 0.2) is 5.71 Å². The lowest BCUT2D eigenvalue weighted by Crippen LogP contribution is -2.36. The Balaban J connectivity index is 1.94. The molecule has 0 radical (unpaired) electrons. The molecular weight excluding hydrogens is 267 g/mol. The summed E-state index contributed by atoms with van der Waals surface area (Å²) in [5.74, 6) is -2.09. The van der Waals surface area contributed by atoms with Crippen molar-refractivity contribution in [3.8, 4) is 0 Å². The number of amides is 1. The average molecular weight is 280 g/mol. The van der Waals surface area contributed by atoms with Gasteiger partial charge in [-0.25, -0.2) is 9.18 Å². The van der Waals surface area contributed by atoms with Crippen LogP contribution >= 0.6 is 0 Å². The summed E-state index contributed by atoms with van der Waals surface area (Å²) < 4.78 is 13.1. The Morgan fingerprint density at radius 1 is 1.55 bits per heavy atom. The number of nitrogens with one attached hydrogen (secondary N) is 1. The first-order valence-corrected chi connectivity index (χ1v) is 5.99. The molecule has 0 saturated carbocycles. The topological polar surface area (TPSA) is 88.0 Å². The zero-order chi connectivity index (χ0) is 14.7. The van der Waals surface area contributed by atoms with Gasteiger partial charge >= 0.3 is 5.97 Å². The highest BCUT2D eigenvalue weighted by Crippen LogP contribution is 2.16. The summed E-state index contributed by atoms with van der Waals surface area (Å²) in [5.41, 5.74) is 0.416. The van der Waals surface area contributed by atoms with E-state index in [9.17, 15) is 14.0 Å². The van der Waals surface area contributed by atoms with Crippen LogP contribution in [-0.2, 0) is 14.4 Å². The van der Waals surface area contributed by atoms with Crippen molar-refractivity contribution in [2.45, 2.75) is 25.5 Å². The molecule has 1 aromatic carbocycles. The maximum absolute atomic E-state index is 13.1. The van der Waals surface area contributed by atoms with E-state index in [4.69, 9.17) is 9.94 Å². The van der Waals surface area contributed by atoms with Crippen molar-refractivity contribution in [3.05, 3.63) is 35.6 Å². The molecule has 1 aliphatic heterocycles. The Bertz CT molecular complexity index is 573. The lowest BCUT2D eigenvalue weighted by molar-refractivity contribution is -0.132. The van der Waals surface area contributed by atoms with Gasteiger partial charge in [-0.3, -0.25) is 4.79 Å². The monoisotopic (exact) mass is 280 g/mol. The fourth-order valence-electron chi connectivity index (χ4n) is 1.81. The van der Waals surface area contributed by atoms with E-state index in [1.54, 1.807) is 19.1 Å². The molecule has 1 aliphatic rings. The van der Waals surface area contributed by atoms with E-state index in [0.29, 0.717) is 5.56 Å². The van der Waals surface area contributed by atoms with Crippen molar-refractivity contribution in [3.63, 3.8) is 0 Å². The van der Waals surface area contributed by atoms with Gasteiger partial charge in [0.25, 0.3) is 5.91 Å². The number of halogens is 1. The first-order chi connectivity index (χ1) is 9.47. The molecule has 2 rings (SSSR count). The van der Waals surface area contributed by atoms with Crippen molar-refractivity contribution in [2.24, 2.45) is 5.16 Å². The number of carboxylic acid groups (broad SMARTS) is 1. The van der Waals surface area contributed by atoms with Gasteiger partial charge in [-0.15, -0.1) is 0 Å². The fraction of sp³-hybridized carbons (Fsp3) is 0.308. The van der Waals surface area contributed by atoms with Crippen LogP contribution in [0.1, 0.15) is 24.9 Å². The van der Waals surface area contributed by atoms with Crippen molar-refractivity contribution in [2.75, 3.05) is 0 Å². The molecule has 2 unspecified atom stereocenters. The molecule has 0 spiro atoms. The highest BCUT2D eigenvalue weighted by atomic mass is 19.1. The van der Waals surface area contributed by atoms with Crippen molar-refractivity contribution in [1.29, 1.82) is 0 Å². The number of nitrogens with zero attached hydrogens (tertiary/aromatic N) is 1. The van der Waals surface area contributed by atoms with Crippen LogP contribution in [0, 0.1) is 5.82 Å². The van der Waals surface area contributed by atoms with Crippen molar-refractivity contribution in [1.82, 2.24) is 5.32 Å². The minimum atomic E-state index is -1.21. The Morgan fingerprint density at radius 3 is 2.90 bits per heavy atom. The van der Waals surface area contributed by atoms with E-state index in [1.165, 1.54) is 12.1 Å². The molecule has 7 heteroatoms. The Hall–Kier alpha value is -2.44. The van der Waals surface area contributed by atoms with E-state index >= 15 is 0 Å². The van der Waals surface area contributed by atoms with E-state index in [2.05, 4.69) is 10.5 Å². The van der Waals surface area contributed by atoms with Crippen LogP contribution in [0.4, 0.5) is 4.39 Å². The standard InChI is InChI=1S/C13H13FN2O4/c1-7(8-3-2-4-9(14)5-8)15-12(17)11-6-10(13(18)19)16-20-11/h2-5,7,11H,6H2,1H3,(H,15,17)(H,18,19). The second kappa shape index (κ2) is 5.68. The molecule has 0 saturated heterocycles. The molecule has 6 nitrogen and oxygen atoms in total. The number of benzene rings is 1. The fourth-order valence-corrected chi connectivity index (χ4v) is 1.81. The number of carboxylic acids is 1. The van der Waals surface area contributed by atoms with Crippen LogP contribution in [0.5, 0.6) is 0 Å². The largest absolute Gasteiger partial charge is 0.477 e. The van der Waals surface area contributed by atoms with Gasteiger partial charge in [0.05, 0.1) is 6.04 Å². The number of aliphatic carboxylic acids is 1. The molecule has 0 aliphatic carbocycles. The Morgan fingerprint density at radius 2 is 2.30 bits per heavy atom. The molecule has 1 amide bonds. The highest BCUT2D eigenvalue weighted by Gasteiger charge is 2.32. The molecule has 2 atom stereocenters. The minimum Gasteiger partial charge on any atom is -0.477 e. The summed E-state index contributed by atoms with van der Waals surface area (Å²) in [7, 11) is 0. The Labute approximate surface area is 114 Å². The van der Waals surface area contributed by atoms with E-state index in [0.717, 1.165) is 0 Å². The van der Waals surface area contributed by atoms with Gasteiger partial charge in [0.1, 0.15) is 5.82 Å². The first-order valence-electron chi connectivity index (χ1n) is 5.99. The molecule has 1 aromatic rings. The van der Waals surface area contributed by atoms with Crippen LogP contribution < -0.4 is 5.32 Å². The Kier molecular flexibility index (Phi) is 3.97. The second-order valence-electron chi connectivity index (χ2n) is 4.43.